The van der Waals surface area contributed by atoms with E-state index in [1.54, 1.807) is 24.3 Å². The Morgan fingerprint density at radius 1 is 1.12 bits per heavy atom. The van der Waals surface area contributed by atoms with Crippen LogP contribution in [0.3, 0.4) is 0 Å². The predicted octanol–water partition coefficient (Wildman–Crippen LogP) is 4.04. The van der Waals surface area contributed by atoms with Crippen LogP contribution in [0, 0.1) is 11.3 Å². The summed E-state index contributed by atoms with van der Waals surface area (Å²) in [5.41, 5.74) is 4.53. The number of nitrogens with zero attached hydrogens (tertiary/aromatic N) is 3. The number of carbonyl (C=O) groups is 2. The molecule has 0 unspecified atom stereocenters. The number of nitriles is 1. The van der Waals surface area contributed by atoms with E-state index < -0.39 is 5.91 Å². The Morgan fingerprint density at radius 3 is 2.82 bits per heavy atom. The quantitative estimate of drug-likeness (QED) is 0.249. The summed E-state index contributed by atoms with van der Waals surface area (Å²) in [5, 5.41) is 21.9. The molecular weight excluding hydrogens is 450 g/mol. The van der Waals surface area contributed by atoms with Gasteiger partial charge >= 0.3 is 0 Å². The third-order valence-corrected chi connectivity index (χ3v) is 6.05. The summed E-state index contributed by atoms with van der Waals surface area (Å²) in [7, 11) is 0. The Balaban J connectivity index is 1.24. The Hall–Kier alpha value is -4.62. The molecule has 1 aliphatic rings. The molecule has 0 bridgehead atoms. The van der Waals surface area contributed by atoms with Crippen LogP contribution in [0.25, 0.3) is 11.6 Å². The lowest BCUT2D eigenvalue weighted by Gasteiger charge is -2.00. The molecule has 0 radical (unpaired) electrons. The van der Waals surface area contributed by atoms with Crippen LogP contribution in [0.5, 0.6) is 0 Å². The number of benzene rings is 2. The molecule has 2 aromatic carbocycles. The number of hydrogen-bond donors (Lipinski definition) is 4. The van der Waals surface area contributed by atoms with Crippen LogP contribution in [-0.2, 0) is 10.5 Å². The van der Waals surface area contributed by atoms with Crippen molar-refractivity contribution >= 4 is 46.9 Å². The van der Waals surface area contributed by atoms with E-state index in [1.807, 2.05) is 42.5 Å². The van der Waals surface area contributed by atoms with Crippen LogP contribution in [0.15, 0.2) is 65.8 Å². The van der Waals surface area contributed by atoms with Gasteiger partial charge in [0.25, 0.3) is 11.8 Å². The summed E-state index contributed by atoms with van der Waals surface area (Å²) in [6.45, 7) is 0. The SMILES string of the molecule is N#Cc1ccccc1CSc1n[nH]c(NC(=O)c2ccc(/C=C3\C(=O)Nc4ccccc43)[nH]2)n1. The lowest BCUT2D eigenvalue weighted by molar-refractivity contribution is -0.110. The van der Waals surface area contributed by atoms with E-state index in [-0.39, 0.29) is 11.9 Å². The number of para-hydroxylation sites is 1. The first kappa shape index (κ1) is 21.2. The van der Waals surface area contributed by atoms with Crippen LogP contribution >= 0.6 is 11.8 Å². The van der Waals surface area contributed by atoms with Crippen molar-refractivity contribution in [3.05, 3.63) is 88.7 Å². The van der Waals surface area contributed by atoms with E-state index in [0.717, 1.165) is 16.8 Å². The molecule has 166 valence electrons. The van der Waals surface area contributed by atoms with E-state index in [9.17, 15) is 14.9 Å². The molecule has 0 aliphatic carbocycles. The zero-order valence-corrected chi connectivity index (χ0v) is 18.4. The molecule has 2 amide bonds. The fourth-order valence-corrected chi connectivity index (χ4v) is 4.31. The summed E-state index contributed by atoms with van der Waals surface area (Å²) in [6.07, 6.45) is 1.71. The smallest absolute Gasteiger partial charge is 0.274 e. The minimum Gasteiger partial charge on any atom is -0.351 e. The van der Waals surface area contributed by atoms with Crippen molar-refractivity contribution < 1.29 is 9.59 Å². The Labute approximate surface area is 198 Å². The number of H-pyrrole nitrogens is 2. The van der Waals surface area contributed by atoms with Gasteiger partial charge in [-0.1, -0.05) is 48.2 Å². The number of aromatic nitrogens is 4. The topological polar surface area (TPSA) is 139 Å². The van der Waals surface area contributed by atoms with Gasteiger partial charge < -0.3 is 10.3 Å². The molecule has 0 saturated carbocycles. The first-order valence-electron chi connectivity index (χ1n) is 10.3. The average molecular weight is 468 g/mol. The standard InChI is InChI=1S/C24H17N7O2S/c25-12-14-5-1-2-6-15(14)13-34-24-29-23(30-31-24)28-22(33)20-10-9-16(26-20)11-18-17-7-3-4-8-19(17)27-21(18)32/h1-11,26H,13H2,(H,27,32)(H2,28,29,30,31,33)/b18-11-. The Morgan fingerprint density at radius 2 is 1.94 bits per heavy atom. The van der Waals surface area contributed by atoms with Gasteiger partial charge in [0.2, 0.25) is 11.1 Å². The number of anilines is 2. The number of amides is 2. The summed E-state index contributed by atoms with van der Waals surface area (Å²) in [4.78, 5) is 32.2. The van der Waals surface area contributed by atoms with E-state index in [0.29, 0.717) is 33.4 Å². The van der Waals surface area contributed by atoms with Gasteiger partial charge in [0.05, 0.1) is 17.2 Å². The maximum absolute atomic E-state index is 12.6. The molecular formula is C24H17N7O2S. The van der Waals surface area contributed by atoms with Crippen molar-refractivity contribution in [3.8, 4) is 6.07 Å². The highest BCUT2D eigenvalue weighted by atomic mass is 32.2. The number of carbonyl (C=O) groups excluding carboxylic acids is 2. The second-order valence-electron chi connectivity index (χ2n) is 7.36. The maximum atomic E-state index is 12.6. The number of fused-ring (bicyclic) bond motifs is 1. The molecule has 10 heteroatoms. The van der Waals surface area contributed by atoms with E-state index in [1.165, 1.54) is 11.8 Å². The molecule has 34 heavy (non-hydrogen) atoms. The first-order chi connectivity index (χ1) is 16.6. The molecule has 3 heterocycles. The van der Waals surface area contributed by atoms with E-state index in [2.05, 4.69) is 36.9 Å². The van der Waals surface area contributed by atoms with Crippen LogP contribution in [0.2, 0.25) is 0 Å². The predicted molar refractivity (Wildman–Crippen MR) is 129 cm³/mol. The molecule has 0 saturated heterocycles. The molecule has 5 rings (SSSR count). The van der Waals surface area contributed by atoms with Gasteiger partial charge in [-0.05, 0) is 35.9 Å². The van der Waals surface area contributed by atoms with Crippen LogP contribution < -0.4 is 10.6 Å². The number of hydrogen-bond acceptors (Lipinski definition) is 6. The zero-order chi connectivity index (χ0) is 23.5. The second-order valence-corrected chi connectivity index (χ2v) is 8.31. The molecule has 1 aliphatic heterocycles. The number of nitrogens with one attached hydrogen (secondary N) is 4. The van der Waals surface area contributed by atoms with Crippen molar-refractivity contribution in [1.29, 1.82) is 5.26 Å². The molecule has 0 atom stereocenters. The molecule has 4 N–H and O–H groups in total. The first-order valence-corrected chi connectivity index (χ1v) is 11.3. The van der Waals surface area contributed by atoms with E-state index in [4.69, 9.17) is 0 Å². The van der Waals surface area contributed by atoms with Gasteiger partial charge in [-0.15, -0.1) is 5.10 Å². The highest BCUT2D eigenvalue weighted by molar-refractivity contribution is 7.98. The van der Waals surface area contributed by atoms with Gasteiger partial charge in [-0.25, -0.2) is 5.10 Å². The Bertz CT molecular complexity index is 1480. The molecule has 4 aromatic rings. The minimum absolute atomic E-state index is 0.189. The maximum Gasteiger partial charge on any atom is 0.274 e. The highest BCUT2D eigenvalue weighted by Gasteiger charge is 2.23. The van der Waals surface area contributed by atoms with Gasteiger partial charge in [0, 0.05) is 22.7 Å². The number of aromatic amines is 2. The largest absolute Gasteiger partial charge is 0.351 e. The fourth-order valence-electron chi connectivity index (χ4n) is 3.51. The average Bonchev–Trinajstić information content (AvgIpc) is 3.58. The van der Waals surface area contributed by atoms with Gasteiger partial charge in [-0.3, -0.25) is 14.9 Å². The lowest BCUT2D eigenvalue weighted by Crippen LogP contribution is -2.13. The third-order valence-electron chi connectivity index (χ3n) is 5.15. The Kier molecular flexibility index (Phi) is 5.68. The van der Waals surface area contributed by atoms with Crippen molar-refractivity contribution in [2.75, 3.05) is 10.6 Å². The van der Waals surface area contributed by atoms with Crippen LogP contribution in [-0.4, -0.2) is 32.0 Å². The van der Waals surface area contributed by atoms with Crippen LogP contribution in [0.4, 0.5) is 11.6 Å². The van der Waals surface area contributed by atoms with Crippen molar-refractivity contribution in [2.24, 2.45) is 0 Å². The zero-order valence-electron chi connectivity index (χ0n) is 17.6. The van der Waals surface area contributed by atoms with Gasteiger partial charge in [0.15, 0.2) is 0 Å². The van der Waals surface area contributed by atoms with Crippen LogP contribution in [0.1, 0.15) is 32.9 Å². The van der Waals surface area contributed by atoms with Gasteiger partial charge in [-0.2, -0.15) is 10.2 Å². The van der Waals surface area contributed by atoms with E-state index >= 15 is 0 Å². The van der Waals surface area contributed by atoms with Crippen molar-refractivity contribution in [3.63, 3.8) is 0 Å². The third kappa shape index (κ3) is 4.32. The summed E-state index contributed by atoms with van der Waals surface area (Å²) >= 11 is 1.35. The van der Waals surface area contributed by atoms with Crippen molar-refractivity contribution in [2.45, 2.75) is 10.9 Å². The number of thioether (sulfide) groups is 1. The lowest BCUT2D eigenvalue weighted by atomic mass is 10.1. The normalized spacial score (nSPS) is 13.4. The molecule has 2 aromatic heterocycles. The summed E-state index contributed by atoms with van der Waals surface area (Å²) < 4.78 is 0. The molecule has 9 nitrogen and oxygen atoms in total. The summed E-state index contributed by atoms with van der Waals surface area (Å²) in [5.74, 6) is 0.148. The second kappa shape index (κ2) is 9.09. The monoisotopic (exact) mass is 467 g/mol. The highest BCUT2D eigenvalue weighted by Crippen LogP contribution is 2.32. The summed E-state index contributed by atoms with van der Waals surface area (Å²) in [6, 6.07) is 20.3. The minimum atomic E-state index is -0.400. The molecule has 0 fully saturated rings. The number of rotatable bonds is 6. The van der Waals surface area contributed by atoms with Crippen molar-refractivity contribution in [1.82, 2.24) is 20.2 Å². The molecule has 0 spiro atoms. The fraction of sp³-hybridized carbons (Fsp3) is 0.0417. The van der Waals surface area contributed by atoms with Gasteiger partial charge in [0.1, 0.15) is 5.69 Å².